The van der Waals surface area contributed by atoms with E-state index in [4.69, 9.17) is 15.6 Å². The van der Waals surface area contributed by atoms with Gasteiger partial charge in [-0.1, -0.05) is 6.07 Å². The molecule has 8 heteroatoms. The van der Waals surface area contributed by atoms with Crippen molar-refractivity contribution in [2.45, 2.75) is 24.5 Å². The number of aliphatic hydroxyl groups excluding tert-OH is 3. The number of fused-ring (bicyclic) bond motifs is 1. The molecule has 1 aliphatic rings. The van der Waals surface area contributed by atoms with Crippen molar-refractivity contribution in [1.29, 1.82) is 0 Å². The first-order chi connectivity index (χ1) is 9.11. The molecule has 102 valence electrons. The van der Waals surface area contributed by atoms with Crippen molar-refractivity contribution < 1.29 is 20.1 Å². The molecule has 0 unspecified atom stereocenters. The van der Waals surface area contributed by atoms with Gasteiger partial charge in [0.05, 0.1) is 12.3 Å². The van der Waals surface area contributed by atoms with Gasteiger partial charge in [-0.05, 0) is 12.1 Å². The fraction of sp³-hybridized carbons (Fsp3) is 0.455. The van der Waals surface area contributed by atoms with Gasteiger partial charge < -0.3 is 25.8 Å². The SMILES string of the molecule is Nc1cccc2nn([C@@H]3O[C@H](CO)[C@@H](O)[C@H]3O)nc12. The molecule has 1 aliphatic heterocycles. The number of nitrogen functional groups attached to an aromatic ring is 1. The Balaban J connectivity index is 1.99. The van der Waals surface area contributed by atoms with Crippen molar-refractivity contribution >= 4 is 16.7 Å². The third-order valence-corrected chi connectivity index (χ3v) is 3.20. The van der Waals surface area contributed by atoms with Gasteiger partial charge in [-0.2, -0.15) is 9.90 Å². The first-order valence-electron chi connectivity index (χ1n) is 5.85. The van der Waals surface area contributed by atoms with Crippen molar-refractivity contribution in [3.8, 4) is 0 Å². The maximum Gasteiger partial charge on any atom is 0.198 e. The Hall–Kier alpha value is -1.74. The Kier molecular flexibility index (Phi) is 2.86. The van der Waals surface area contributed by atoms with E-state index in [1.165, 1.54) is 4.80 Å². The summed E-state index contributed by atoms with van der Waals surface area (Å²) in [6.45, 7) is -0.391. The van der Waals surface area contributed by atoms with Crippen molar-refractivity contribution in [3.05, 3.63) is 18.2 Å². The second kappa shape index (κ2) is 4.42. The van der Waals surface area contributed by atoms with E-state index in [1.807, 2.05) is 0 Å². The van der Waals surface area contributed by atoms with Gasteiger partial charge in [0.2, 0.25) is 0 Å². The van der Waals surface area contributed by atoms with Crippen LogP contribution < -0.4 is 5.73 Å². The van der Waals surface area contributed by atoms with Gasteiger partial charge >= 0.3 is 0 Å². The molecule has 3 rings (SSSR count). The van der Waals surface area contributed by atoms with Crippen LogP contribution in [0.5, 0.6) is 0 Å². The van der Waals surface area contributed by atoms with Crippen LogP contribution in [0.3, 0.4) is 0 Å². The number of benzene rings is 1. The average Bonchev–Trinajstić information content (AvgIpc) is 2.94. The molecule has 2 heterocycles. The lowest BCUT2D eigenvalue weighted by Gasteiger charge is -2.12. The number of anilines is 1. The van der Waals surface area contributed by atoms with E-state index < -0.39 is 31.1 Å². The predicted molar refractivity (Wildman–Crippen MR) is 64.9 cm³/mol. The summed E-state index contributed by atoms with van der Waals surface area (Å²) in [6, 6.07) is 5.17. The quantitative estimate of drug-likeness (QED) is 0.494. The summed E-state index contributed by atoms with van der Waals surface area (Å²) in [5.74, 6) is 0. The highest BCUT2D eigenvalue weighted by molar-refractivity contribution is 5.85. The van der Waals surface area contributed by atoms with Crippen LogP contribution in [0.1, 0.15) is 6.23 Å². The highest BCUT2D eigenvalue weighted by Gasteiger charge is 2.44. The smallest absolute Gasteiger partial charge is 0.198 e. The molecular weight excluding hydrogens is 252 g/mol. The van der Waals surface area contributed by atoms with Crippen molar-refractivity contribution in [2.75, 3.05) is 12.3 Å². The molecule has 19 heavy (non-hydrogen) atoms. The molecule has 0 spiro atoms. The zero-order chi connectivity index (χ0) is 13.6. The van der Waals surface area contributed by atoms with Crippen LogP contribution in [-0.4, -0.2) is 55.2 Å². The second-order valence-electron chi connectivity index (χ2n) is 4.46. The topological polar surface area (TPSA) is 127 Å². The van der Waals surface area contributed by atoms with Crippen LogP contribution in [0.25, 0.3) is 11.0 Å². The molecular formula is C11H14N4O4. The van der Waals surface area contributed by atoms with E-state index in [-0.39, 0.29) is 0 Å². The monoisotopic (exact) mass is 266 g/mol. The standard InChI is InChI=1S/C11H14N4O4/c12-5-2-1-3-6-8(5)14-15(13-6)11-10(18)9(17)7(4-16)19-11/h1-3,7,9-11,16-18H,4,12H2/t7-,9-,10-,11-/m1/s1. The number of aromatic nitrogens is 3. The molecule has 0 radical (unpaired) electrons. The Morgan fingerprint density at radius 3 is 2.68 bits per heavy atom. The lowest BCUT2D eigenvalue weighted by Crippen LogP contribution is -2.33. The molecule has 1 saturated heterocycles. The van der Waals surface area contributed by atoms with Crippen molar-refractivity contribution in [3.63, 3.8) is 0 Å². The van der Waals surface area contributed by atoms with Gasteiger partial charge in [0.15, 0.2) is 6.23 Å². The highest BCUT2D eigenvalue weighted by atomic mass is 16.6. The zero-order valence-electron chi connectivity index (χ0n) is 9.92. The van der Waals surface area contributed by atoms with Gasteiger partial charge in [0.25, 0.3) is 0 Å². The summed E-state index contributed by atoms with van der Waals surface area (Å²) in [5, 5.41) is 36.9. The van der Waals surface area contributed by atoms with E-state index in [2.05, 4.69) is 10.2 Å². The molecule has 2 aromatic rings. The minimum absolute atomic E-state index is 0.391. The van der Waals surface area contributed by atoms with Crippen LogP contribution in [0.4, 0.5) is 5.69 Å². The van der Waals surface area contributed by atoms with Crippen LogP contribution in [-0.2, 0) is 4.74 Å². The maximum absolute atomic E-state index is 9.89. The first-order valence-corrected chi connectivity index (χ1v) is 5.85. The normalized spacial score (nSPS) is 31.1. The summed E-state index contributed by atoms with van der Waals surface area (Å²) >= 11 is 0. The van der Waals surface area contributed by atoms with Crippen molar-refractivity contribution in [2.24, 2.45) is 0 Å². The van der Waals surface area contributed by atoms with Crippen LogP contribution >= 0.6 is 0 Å². The summed E-state index contributed by atoms with van der Waals surface area (Å²) in [6.07, 6.45) is -4.19. The van der Waals surface area contributed by atoms with E-state index >= 15 is 0 Å². The molecule has 0 aliphatic carbocycles. The molecule has 4 atom stereocenters. The Morgan fingerprint density at radius 2 is 2.05 bits per heavy atom. The van der Waals surface area contributed by atoms with E-state index in [0.29, 0.717) is 16.7 Å². The minimum Gasteiger partial charge on any atom is -0.397 e. The van der Waals surface area contributed by atoms with E-state index in [9.17, 15) is 10.2 Å². The Bertz CT molecular complexity index is 601. The average molecular weight is 266 g/mol. The van der Waals surface area contributed by atoms with E-state index in [1.54, 1.807) is 18.2 Å². The Morgan fingerprint density at radius 1 is 1.26 bits per heavy atom. The van der Waals surface area contributed by atoms with Crippen LogP contribution in [0.15, 0.2) is 18.2 Å². The summed E-state index contributed by atoms with van der Waals surface area (Å²) in [4.78, 5) is 1.17. The fourth-order valence-electron chi connectivity index (χ4n) is 2.16. The maximum atomic E-state index is 9.89. The second-order valence-corrected chi connectivity index (χ2v) is 4.46. The van der Waals surface area contributed by atoms with Crippen LogP contribution in [0, 0.1) is 0 Å². The van der Waals surface area contributed by atoms with Crippen molar-refractivity contribution in [1.82, 2.24) is 15.0 Å². The molecule has 1 aromatic carbocycles. The zero-order valence-corrected chi connectivity index (χ0v) is 9.92. The third kappa shape index (κ3) is 1.85. The number of nitrogens with two attached hydrogens (primary N) is 1. The fourth-order valence-corrected chi connectivity index (χ4v) is 2.16. The molecule has 5 N–H and O–H groups in total. The lowest BCUT2D eigenvalue weighted by molar-refractivity contribution is -0.0650. The molecule has 0 amide bonds. The number of rotatable bonds is 2. The number of hydrogen-bond donors (Lipinski definition) is 4. The lowest BCUT2D eigenvalue weighted by atomic mass is 10.1. The van der Waals surface area contributed by atoms with Gasteiger partial charge in [0, 0.05) is 0 Å². The third-order valence-electron chi connectivity index (χ3n) is 3.20. The number of hydrogen-bond acceptors (Lipinski definition) is 7. The number of nitrogens with zero attached hydrogens (tertiary/aromatic N) is 3. The van der Waals surface area contributed by atoms with E-state index in [0.717, 1.165) is 0 Å². The molecule has 1 fully saturated rings. The Labute approximate surface area is 108 Å². The van der Waals surface area contributed by atoms with Gasteiger partial charge in [-0.25, -0.2) is 0 Å². The molecule has 0 saturated carbocycles. The summed E-state index contributed by atoms with van der Waals surface area (Å²) in [7, 11) is 0. The van der Waals surface area contributed by atoms with Crippen LogP contribution in [0.2, 0.25) is 0 Å². The molecule has 8 nitrogen and oxygen atoms in total. The highest BCUT2D eigenvalue weighted by Crippen LogP contribution is 2.29. The summed E-state index contributed by atoms with van der Waals surface area (Å²) < 4.78 is 5.34. The largest absolute Gasteiger partial charge is 0.397 e. The van der Waals surface area contributed by atoms with Gasteiger partial charge in [-0.3, -0.25) is 0 Å². The number of aliphatic hydroxyl groups is 3. The number of ether oxygens (including phenoxy) is 1. The summed E-state index contributed by atoms with van der Waals surface area (Å²) in [5.41, 5.74) is 7.31. The first kappa shape index (κ1) is 12.3. The van der Waals surface area contributed by atoms with Gasteiger partial charge in [0.1, 0.15) is 29.3 Å². The predicted octanol–water partition coefficient (Wildman–Crippen LogP) is -1.38. The molecule has 1 aromatic heterocycles. The minimum atomic E-state index is -1.21. The molecule has 0 bridgehead atoms. The van der Waals surface area contributed by atoms with Gasteiger partial charge in [-0.15, -0.1) is 5.10 Å².